The summed E-state index contributed by atoms with van der Waals surface area (Å²) in [6, 6.07) is 1.50. The van der Waals surface area contributed by atoms with E-state index in [1.165, 1.54) is 6.07 Å². The summed E-state index contributed by atoms with van der Waals surface area (Å²) in [7, 11) is 0. The Bertz CT molecular complexity index is 427. The SMILES string of the molecule is N#Cc1cnc(Br)c(N)c1OC(F)(F)F. The minimum atomic E-state index is -4.90. The second-order valence-corrected chi connectivity index (χ2v) is 3.12. The molecule has 0 aliphatic carbocycles. The summed E-state index contributed by atoms with van der Waals surface area (Å²) in [6.45, 7) is 0. The van der Waals surface area contributed by atoms with Crippen LogP contribution in [0.15, 0.2) is 10.8 Å². The van der Waals surface area contributed by atoms with Crippen LogP contribution in [-0.4, -0.2) is 11.3 Å². The number of anilines is 1. The van der Waals surface area contributed by atoms with E-state index in [4.69, 9.17) is 11.0 Å². The molecule has 0 fully saturated rings. The first kappa shape index (κ1) is 11.6. The molecular formula is C7H3BrF3N3O. The lowest BCUT2D eigenvalue weighted by molar-refractivity contribution is -0.274. The second-order valence-electron chi connectivity index (χ2n) is 2.37. The minimum Gasteiger partial charge on any atom is -0.402 e. The number of nitrogen functional groups attached to an aromatic ring is 1. The molecule has 0 saturated carbocycles. The molecule has 0 spiro atoms. The van der Waals surface area contributed by atoms with Crippen molar-refractivity contribution in [2.45, 2.75) is 6.36 Å². The third-order valence-corrected chi connectivity index (χ3v) is 1.99. The van der Waals surface area contributed by atoms with Crippen LogP contribution in [0.1, 0.15) is 5.56 Å². The molecule has 80 valence electrons. The number of aromatic nitrogens is 1. The van der Waals surface area contributed by atoms with E-state index in [0.717, 1.165) is 6.20 Å². The molecule has 0 bridgehead atoms. The van der Waals surface area contributed by atoms with Crippen molar-refractivity contribution in [1.29, 1.82) is 5.26 Å². The monoisotopic (exact) mass is 281 g/mol. The van der Waals surface area contributed by atoms with Gasteiger partial charge >= 0.3 is 6.36 Å². The number of hydrogen-bond donors (Lipinski definition) is 1. The van der Waals surface area contributed by atoms with E-state index < -0.39 is 12.1 Å². The fraction of sp³-hybridized carbons (Fsp3) is 0.143. The molecule has 8 heteroatoms. The molecule has 4 nitrogen and oxygen atoms in total. The van der Waals surface area contributed by atoms with Gasteiger partial charge in [-0.05, 0) is 15.9 Å². The highest BCUT2D eigenvalue weighted by Gasteiger charge is 2.33. The maximum atomic E-state index is 11.9. The zero-order valence-electron chi connectivity index (χ0n) is 6.97. The number of hydrogen-bond acceptors (Lipinski definition) is 4. The van der Waals surface area contributed by atoms with Crippen LogP contribution in [0.4, 0.5) is 18.9 Å². The molecule has 0 radical (unpaired) electrons. The first-order valence-electron chi connectivity index (χ1n) is 3.45. The van der Waals surface area contributed by atoms with E-state index in [9.17, 15) is 13.2 Å². The van der Waals surface area contributed by atoms with Crippen molar-refractivity contribution in [3.8, 4) is 11.8 Å². The fourth-order valence-electron chi connectivity index (χ4n) is 0.793. The van der Waals surface area contributed by atoms with Crippen LogP contribution in [0.5, 0.6) is 5.75 Å². The number of pyridine rings is 1. The molecule has 0 aromatic carbocycles. The number of ether oxygens (including phenoxy) is 1. The predicted octanol–water partition coefficient (Wildman–Crippen LogP) is 2.20. The zero-order valence-corrected chi connectivity index (χ0v) is 8.56. The van der Waals surface area contributed by atoms with E-state index in [-0.39, 0.29) is 15.9 Å². The van der Waals surface area contributed by atoms with Crippen LogP contribution in [0.25, 0.3) is 0 Å². The quantitative estimate of drug-likeness (QED) is 0.801. The highest BCUT2D eigenvalue weighted by atomic mass is 79.9. The van der Waals surface area contributed by atoms with Crippen LogP contribution >= 0.6 is 15.9 Å². The second kappa shape index (κ2) is 3.94. The molecule has 0 saturated heterocycles. The van der Waals surface area contributed by atoms with Crippen molar-refractivity contribution < 1.29 is 17.9 Å². The minimum absolute atomic E-state index is 0.0132. The average molecular weight is 282 g/mol. The normalized spacial score (nSPS) is 10.9. The average Bonchev–Trinajstić information content (AvgIpc) is 2.11. The number of nitrogens with zero attached hydrogens (tertiary/aromatic N) is 2. The zero-order chi connectivity index (χ0) is 11.6. The van der Waals surface area contributed by atoms with E-state index in [1.54, 1.807) is 0 Å². The Kier molecular flexibility index (Phi) is 3.04. The Hall–Kier alpha value is -1.49. The first-order chi connectivity index (χ1) is 6.85. The molecule has 1 heterocycles. The van der Waals surface area contributed by atoms with Crippen LogP contribution in [0, 0.1) is 11.3 Å². The van der Waals surface area contributed by atoms with Crippen molar-refractivity contribution in [2.24, 2.45) is 0 Å². The van der Waals surface area contributed by atoms with Gasteiger partial charge in [-0.1, -0.05) is 0 Å². The maximum Gasteiger partial charge on any atom is 0.573 e. The van der Waals surface area contributed by atoms with Crippen LogP contribution < -0.4 is 10.5 Å². The van der Waals surface area contributed by atoms with Gasteiger partial charge in [0.1, 0.15) is 21.9 Å². The Morgan fingerprint density at radius 1 is 1.53 bits per heavy atom. The van der Waals surface area contributed by atoms with Gasteiger partial charge in [0.05, 0.1) is 0 Å². The summed E-state index contributed by atoms with van der Waals surface area (Å²) in [4.78, 5) is 3.56. The molecule has 0 aliphatic heterocycles. The van der Waals surface area contributed by atoms with E-state index in [1.807, 2.05) is 0 Å². The Labute approximate surface area is 90.6 Å². The van der Waals surface area contributed by atoms with Crippen LogP contribution in [0.3, 0.4) is 0 Å². The van der Waals surface area contributed by atoms with Crippen molar-refractivity contribution >= 4 is 21.6 Å². The van der Waals surface area contributed by atoms with Crippen molar-refractivity contribution in [1.82, 2.24) is 4.98 Å². The summed E-state index contributed by atoms with van der Waals surface area (Å²) >= 11 is 2.82. The van der Waals surface area contributed by atoms with Gasteiger partial charge in [0, 0.05) is 6.20 Å². The lowest BCUT2D eigenvalue weighted by atomic mass is 10.2. The molecule has 0 aliphatic rings. The highest BCUT2D eigenvalue weighted by molar-refractivity contribution is 9.10. The third-order valence-electron chi connectivity index (χ3n) is 1.36. The molecule has 1 aromatic heterocycles. The maximum absolute atomic E-state index is 11.9. The van der Waals surface area contributed by atoms with Gasteiger partial charge in [-0.15, -0.1) is 13.2 Å². The number of halogens is 4. The van der Waals surface area contributed by atoms with Crippen molar-refractivity contribution in [3.63, 3.8) is 0 Å². The van der Waals surface area contributed by atoms with E-state index >= 15 is 0 Å². The molecule has 0 unspecified atom stereocenters. The molecule has 1 rings (SSSR count). The summed E-state index contributed by atoms with van der Waals surface area (Å²) in [5, 5.41) is 8.52. The number of nitrogens with two attached hydrogens (primary N) is 1. The first-order valence-corrected chi connectivity index (χ1v) is 4.24. The van der Waals surface area contributed by atoms with Gasteiger partial charge in [-0.3, -0.25) is 0 Å². The van der Waals surface area contributed by atoms with Crippen molar-refractivity contribution in [3.05, 3.63) is 16.4 Å². The molecular weight excluding hydrogens is 279 g/mol. The topological polar surface area (TPSA) is 71.9 Å². The summed E-state index contributed by atoms with van der Waals surface area (Å²) in [5.74, 6) is -0.744. The lowest BCUT2D eigenvalue weighted by Crippen LogP contribution is -2.19. The highest BCUT2D eigenvalue weighted by Crippen LogP contribution is 2.34. The Morgan fingerprint density at radius 2 is 2.13 bits per heavy atom. The third kappa shape index (κ3) is 2.73. The molecule has 0 atom stereocenters. The van der Waals surface area contributed by atoms with Gasteiger partial charge in [0.2, 0.25) is 0 Å². The molecule has 1 aromatic rings. The smallest absolute Gasteiger partial charge is 0.402 e. The fourth-order valence-corrected chi connectivity index (χ4v) is 1.08. The van der Waals surface area contributed by atoms with Gasteiger partial charge in [-0.25, -0.2) is 4.98 Å². The van der Waals surface area contributed by atoms with Crippen LogP contribution in [0.2, 0.25) is 0 Å². The number of alkyl halides is 3. The molecule has 0 amide bonds. The van der Waals surface area contributed by atoms with Gasteiger partial charge < -0.3 is 10.5 Å². The van der Waals surface area contributed by atoms with E-state index in [0.29, 0.717) is 0 Å². The van der Waals surface area contributed by atoms with Crippen LogP contribution in [-0.2, 0) is 0 Å². The van der Waals surface area contributed by atoms with Crippen molar-refractivity contribution in [2.75, 3.05) is 5.73 Å². The Balaban J connectivity index is 3.26. The largest absolute Gasteiger partial charge is 0.573 e. The van der Waals surface area contributed by atoms with Gasteiger partial charge in [0.25, 0.3) is 0 Å². The lowest BCUT2D eigenvalue weighted by Gasteiger charge is -2.12. The summed E-state index contributed by atoms with van der Waals surface area (Å²) < 4.78 is 39.4. The van der Waals surface area contributed by atoms with Gasteiger partial charge in [0.15, 0.2) is 5.75 Å². The standard InChI is InChI=1S/C7H3BrF3N3O/c8-6-4(13)5(15-7(9,10)11)3(1-12)2-14-6/h2H,13H2. The van der Waals surface area contributed by atoms with E-state index in [2.05, 4.69) is 25.7 Å². The Morgan fingerprint density at radius 3 is 2.60 bits per heavy atom. The van der Waals surface area contributed by atoms with Gasteiger partial charge in [-0.2, -0.15) is 5.26 Å². The molecule has 15 heavy (non-hydrogen) atoms. The predicted molar refractivity (Wildman–Crippen MR) is 47.7 cm³/mol. The summed E-state index contributed by atoms with van der Waals surface area (Å²) in [5.41, 5.74) is 4.53. The molecule has 2 N–H and O–H groups in total. The summed E-state index contributed by atoms with van der Waals surface area (Å²) in [6.07, 6.45) is -3.97. The number of rotatable bonds is 1. The number of nitriles is 1.